The Morgan fingerprint density at radius 2 is 1.43 bits per heavy atom. The van der Waals surface area contributed by atoms with Crippen LogP contribution in [0.4, 0.5) is 17.8 Å². The molecule has 2 aliphatic rings. The van der Waals surface area contributed by atoms with Gasteiger partial charge >= 0.3 is 0 Å². The molecule has 0 atom stereocenters. The molecule has 10 nitrogen and oxygen atoms in total. The second-order valence-corrected chi connectivity index (χ2v) is 9.74. The highest BCUT2D eigenvalue weighted by Crippen LogP contribution is 2.25. The average molecular weight is 512 g/mol. The van der Waals surface area contributed by atoms with E-state index >= 15 is 0 Å². The second kappa shape index (κ2) is 15.3. The quantitative estimate of drug-likeness (QED) is 0.250. The van der Waals surface area contributed by atoms with Gasteiger partial charge in [-0.15, -0.1) is 0 Å². The molecule has 2 saturated carbocycles. The Morgan fingerprint density at radius 3 is 2.14 bits per heavy atom. The van der Waals surface area contributed by atoms with Crippen LogP contribution in [0, 0.1) is 5.92 Å². The minimum absolute atomic E-state index is 0.0942. The molecule has 4 N–H and O–H groups in total. The lowest BCUT2D eigenvalue weighted by molar-refractivity contribution is 0.0519. The Balaban J connectivity index is 1.10. The summed E-state index contributed by atoms with van der Waals surface area (Å²) in [5.74, 6) is 2.40. The number of carbonyl (C=O) groups is 1. The number of carbonyl (C=O) groups excluding carboxylic acids is 1. The zero-order chi connectivity index (χ0) is 25.5. The van der Waals surface area contributed by atoms with Crippen LogP contribution in [0.3, 0.4) is 0 Å². The Bertz CT molecular complexity index is 937. The Morgan fingerprint density at radius 1 is 0.757 bits per heavy atom. The van der Waals surface area contributed by atoms with Crippen LogP contribution in [0.2, 0.25) is 0 Å². The van der Waals surface area contributed by atoms with E-state index in [9.17, 15) is 4.79 Å². The molecule has 202 valence electrons. The monoisotopic (exact) mass is 511 g/mol. The van der Waals surface area contributed by atoms with E-state index in [0.29, 0.717) is 74.9 Å². The summed E-state index contributed by atoms with van der Waals surface area (Å²) in [5, 5.41) is 13.0. The van der Waals surface area contributed by atoms with Crippen molar-refractivity contribution < 1.29 is 14.3 Å². The number of ether oxygens (including phenoxy) is 2. The second-order valence-electron chi connectivity index (χ2n) is 9.74. The molecule has 0 radical (unpaired) electrons. The number of aromatic nitrogens is 3. The summed E-state index contributed by atoms with van der Waals surface area (Å²) in [6.07, 6.45) is 10.1. The molecule has 2 aromatic rings. The smallest absolute Gasteiger partial charge is 0.251 e. The fourth-order valence-electron chi connectivity index (χ4n) is 4.45. The number of rotatable bonds is 16. The highest BCUT2D eigenvalue weighted by Gasteiger charge is 2.19. The molecule has 0 aliphatic heterocycles. The third kappa shape index (κ3) is 9.77. The topological polar surface area (TPSA) is 122 Å². The van der Waals surface area contributed by atoms with Gasteiger partial charge in [0.1, 0.15) is 0 Å². The molecular formula is C27H41N7O3. The van der Waals surface area contributed by atoms with Gasteiger partial charge in [0, 0.05) is 31.2 Å². The molecule has 0 unspecified atom stereocenters. The number of amides is 1. The molecule has 0 spiro atoms. The Hall–Kier alpha value is -2.98. The summed E-state index contributed by atoms with van der Waals surface area (Å²) in [5.41, 5.74) is 0.648. The van der Waals surface area contributed by atoms with Crippen LogP contribution in [-0.4, -0.2) is 73.0 Å². The van der Waals surface area contributed by atoms with Gasteiger partial charge in [-0.25, -0.2) is 0 Å². The van der Waals surface area contributed by atoms with Gasteiger partial charge in [0.2, 0.25) is 17.8 Å². The van der Waals surface area contributed by atoms with Gasteiger partial charge in [0.25, 0.3) is 5.91 Å². The summed E-state index contributed by atoms with van der Waals surface area (Å²) in [6.45, 7) is 3.86. The zero-order valence-corrected chi connectivity index (χ0v) is 21.7. The third-order valence-electron chi connectivity index (χ3n) is 6.82. The van der Waals surface area contributed by atoms with Gasteiger partial charge in [-0.3, -0.25) is 4.79 Å². The van der Waals surface area contributed by atoms with Crippen LogP contribution >= 0.6 is 0 Å². The average Bonchev–Trinajstić information content (AvgIpc) is 2.91. The first-order valence-corrected chi connectivity index (χ1v) is 13.8. The van der Waals surface area contributed by atoms with Crippen LogP contribution in [0.5, 0.6) is 0 Å². The first-order valence-electron chi connectivity index (χ1n) is 13.8. The summed E-state index contributed by atoms with van der Waals surface area (Å²) >= 11 is 0. The van der Waals surface area contributed by atoms with Crippen LogP contribution in [0.25, 0.3) is 0 Å². The van der Waals surface area contributed by atoms with Gasteiger partial charge in [-0.2, -0.15) is 15.0 Å². The highest BCUT2D eigenvalue weighted by atomic mass is 16.5. The normalized spacial score (nSPS) is 16.1. The molecule has 10 heteroatoms. The molecule has 1 amide bonds. The first-order chi connectivity index (χ1) is 18.3. The van der Waals surface area contributed by atoms with E-state index in [4.69, 9.17) is 9.47 Å². The number of hydrogen-bond donors (Lipinski definition) is 4. The number of nitrogens with one attached hydrogen (secondary N) is 4. The van der Waals surface area contributed by atoms with Gasteiger partial charge in [0.05, 0.1) is 26.4 Å². The number of benzene rings is 1. The van der Waals surface area contributed by atoms with Crippen molar-refractivity contribution in [3.8, 4) is 0 Å². The van der Waals surface area contributed by atoms with Crippen LogP contribution < -0.4 is 21.3 Å². The maximum atomic E-state index is 12.0. The van der Waals surface area contributed by atoms with E-state index in [2.05, 4.69) is 36.2 Å². The molecule has 1 aromatic carbocycles. The molecule has 0 bridgehead atoms. The minimum Gasteiger partial charge on any atom is -0.377 e. The van der Waals surface area contributed by atoms with Crippen molar-refractivity contribution in [3.05, 3.63) is 35.9 Å². The van der Waals surface area contributed by atoms with E-state index in [1.165, 1.54) is 38.5 Å². The number of nitrogens with zero attached hydrogens (tertiary/aromatic N) is 3. The fraction of sp³-hybridized carbons (Fsp3) is 0.630. The fourth-order valence-corrected chi connectivity index (χ4v) is 4.45. The highest BCUT2D eigenvalue weighted by molar-refractivity contribution is 5.94. The summed E-state index contributed by atoms with van der Waals surface area (Å²) in [6, 6.07) is 9.61. The Labute approximate surface area is 219 Å². The third-order valence-corrected chi connectivity index (χ3v) is 6.82. The number of hydrogen-bond acceptors (Lipinski definition) is 9. The van der Waals surface area contributed by atoms with Crippen molar-refractivity contribution in [1.82, 2.24) is 20.3 Å². The van der Waals surface area contributed by atoms with E-state index in [1.54, 1.807) is 12.1 Å². The SMILES string of the molecule is O=C(NCCOCCOCCNc1nc(NCC2CCCCC2)nc(NC2CCC2)n1)c1ccccc1. The predicted molar refractivity (Wildman–Crippen MR) is 145 cm³/mol. The standard InChI is InChI=1S/C27H41N7O3/c35-24(22-10-5-2-6-11-22)28-14-16-36-18-19-37-17-15-29-25-32-26(30-20-21-8-3-1-4-9-21)34-27(33-25)31-23-12-7-13-23/h2,5-6,10-11,21,23H,1,3-4,7-9,12-20H2,(H,28,35)(H3,29,30,31,32,33,34). The molecule has 4 rings (SSSR count). The van der Waals surface area contributed by atoms with Crippen LogP contribution in [0.15, 0.2) is 30.3 Å². The van der Waals surface area contributed by atoms with Crippen molar-refractivity contribution >= 4 is 23.8 Å². The first kappa shape index (κ1) is 27.1. The molecule has 37 heavy (non-hydrogen) atoms. The largest absolute Gasteiger partial charge is 0.377 e. The van der Waals surface area contributed by atoms with Crippen molar-refractivity contribution in [2.45, 2.75) is 57.4 Å². The Kier molecular flexibility index (Phi) is 11.2. The van der Waals surface area contributed by atoms with Gasteiger partial charge in [-0.05, 0) is 50.2 Å². The van der Waals surface area contributed by atoms with E-state index in [1.807, 2.05) is 18.2 Å². The zero-order valence-electron chi connectivity index (χ0n) is 21.7. The lowest BCUT2D eigenvalue weighted by atomic mass is 9.89. The van der Waals surface area contributed by atoms with Gasteiger partial charge in [0.15, 0.2) is 0 Å². The van der Waals surface area contributed by atoms with Crippen LogP contribution in [0.1, 0.15) is 61.7 Å². The molecule has 1 heterocycles. The van der Waals surface area contributed by atoms with E-state index in [0.717, 1.165) is 19.4 Å². The van der Waals surface area contributed by atoms with Crippen LogP contribution in [-0.2, 0) is 9.47 Å². The van der Waals surface area contributed by atoms with Crippen molar-refractivity contribution in [3.63, 3.8) is 0 Å². The van der Waals surface area contributed by atoms with Crippen molar-refractivity contribution in [2.75, 3.05) is 62.0 Å². The molecular weight excluding hydrogens is 470 g/mol. The number of anilines is 3. The summed E-state index contributed by atoms with van der Waals surface area (Å²) in [4.78, 5) is 25.7. The summed E-state index contributed by atoms with van der Waals surface area (Å²) < 4.78 is 11.2. The molecule has 2 aliphatic carbocycles. The lowest BCUT2D eigenvalue weighted by Gasteiger charge is -2.26. The van der Waals surface area contributed by atoms with Gasteiger partial charge in [-0.1, -0.05) is 37.5 Å². The predicted octanol–water partition coefficient (Wildman–Crippen LogP) is 3.70. The molecule has 1 aromatic heterocycles. The molecule has 2 fully saturated rings. The maximum absolute atomic E-state index is 12.0. The minimum atomic E-state index is -0.0942. The van der Waals surface area contributed by atoms with Crippen molar-refractivity contribution in [1.29, 1.82) is 0 Å². The van der Waals surface area contributed by atoms with Gasteiger partial charge < -0.3 is 30.7 Å². The lowest BCUT2D eigenvalue weighted by Crippen LogP contribution is -2.28. The van der Waals surface area contributed by atoms with E-state index in [-0.39, 0.29) is 5.91 Å². The maximum Gasteiger partial charge on any atom is 0.251 e. The van der Waals surface area contributed by atoms with E-state index < -0.39 is 0 Å². The van der Waals surface area contributed by atoms with Crippen molar-refractivity contribution in [2.24, 2.45) is 5.92 Å². The summed E-state index contributed by atoms with van der Waals surface area (Å²) in [7, 11) is 0. The molecule has 0 saturated heterocycles.